The van der Waals surface area contributed by atoms with E-state index in [1.165, 1.54) is 44.1 Å². The van der Waals surface area contributed by atoms with Crippen LogP contribution in [-0.4, -0.2) is 12.6 Å². The molecule has 0 aliphatic heterocycles. The summed E-state index contributed by atoms with van der Waals surface area (Å²) < 4.78 is 0. The van der Waals surface area contributed by atoms with E-state index >= 15 is 0 Å². The number of halogens is 2. The fourth-order valence-corrected chi connectivity index (χ4v) is 3.70. The first kappa shape index (κ1) is 13.7. The van der Waals surface area contributed by atoms with Crippen molar-refractivity contribution in [2.45, 2.75) is 50.5 Å². The smallest absolute Gasteiger partial charge is 0.0441 e. The maximum absolute atomic E-state index is 6.39. The molecule has 3 rings (SSSR count). The molecule has 1 aromatic carbocycles. The van der Waals surface area contributed by atoms with Gasteiger partial charge in [-0.25, -0.2) is 0 Å². The highest BCUT2D eigenvalue weighted by Crippen LogP contribution is 2.41. The van der Waals surface area contributed by atoms with Crippen molar-refractivity contribution in [3.8, 4) is 0 Å². The van der Waals surface area contributed by atoms with Crippen LogP contribution in [-0.2, 0) is 0 Å². The number of nitrogens with one attached hydrogen (secondary N) is 1. The van der Waals surface area contributed by atoms with Crippen LogP contribution in [0.25, 0.3) is 0 Å². The monoisotopic (exact) mass is 297 g/mol. The van der Waals surface area contributed by atoms with E-state index < -0.39 is 0 Å². The van der Waals surface area contributed by atoms with Gasteiger partial charge < -0.3 is 5.32 Å². The maximum Gasteiger partial charge on any atom is 0.0441 e. The summed E-state index contributed by atoms with van der Waals surface area (Å²) in [5, 5.41) is 5.37. The number of benzene rings is 1. The highest BCUT2D eigenvalue weighted by molar-refractivity contribution is 6.33. The fourth-order valence-electron chi connectivity index (χ4n) is 3.27. The molecule has 0 saturated heterocycles. The zero-order valence-corrected chi connectivity index (χ0v) is 12.7. The summed E-state index contributed by atoms with van der Waals surface area (Å²) in [4.78, 5) is 0. The third kappa shape index (κ3) is 3.45. The van der Waals surface area contributed by atoms with E-state index in [2.05, 4.69) is 11.4 Å². The fraction of sp³-hybridized carbons (Fsp3) is 0.625. The lowest BCUT2D eigenvalue weighted by Gasteiger charge is -2.33. The molecule has 0 amide bonds. The van der Waals surface area contributed by atoms with Crippen LogP contribution >= 0.6 is 23.2 Å². The molecule has 1 aromatic rings. The van der Waals surface area contributed by atoms with E-state index in [-0.39, 0.29) is 0 Å². The lowest BCUT2D eigenvalue weighted by atomic mass is 9.75. The number of hydrogen-bond acceptors (Lipinski definition) is 1. The van der Waals surface area contributed by atoms with Crippen molar-refractivity contribution in [2.75, 3.05) is 6.54 Å². The van der Waals surface area contributed by atoms with Crippen molar-refractivity contribution in [1.82, 2.24) is 5.32 Å². The van der Waals surface area contributed by atoms with E-state index in [9.17, 15) is 0 Å². The Morgan fingerprint density at radius 2 is 1.84 bits per heavy atom. The molecule has 2 aliphatic rings. The highest BCUT2D eigenvalue weighted by atomic mass is 35.5. The molecule has 0 radical (unpaired) electrons. The summed E-state index contributed by atoms with van der Waals surface area (Å²) in [5.74, 6) is 1.29. The minimum atomic E-state index is 0.575. The average Bonchev–Trinajstić information content (AvgIpc) is 3.24. The average molecular weight is 298 g/mol. The van der Waals surface area contributed by atoms with Crippen LogP contribution in [0.5, 0.6) is 0 Å². The number of rotatable bonds is 4. The number of hydrogen-bond donors (Lipinski definition) is 1. The van der Waals surface area contributed by atoms with Gasteiger partial charge in [0.2, 0.25) is 0 Å². The molecule has 2 aliphatic carbocycles. The molecule has 2 atom stereocenters. The van der Waals surface area contributed by atoms with Crippen LogP contribution in [0, 0.1) is 5.92 Å². The Bertz CT molecular complexity index is 442. The summed E-state index contributed by atoms with van der Waals surface area (Å²) in [6.07, 6.45) is 7.94. The predicted molar refractivity (Wildman–Crippen MR) is 82.2 cm³/mol. The summed E-state index contributed by atoms with van der Waals surface area (Å²) in [6.45, 7) is 1.14. The van der Waals surface area contributed by atoms with Crippen LogP contribution in [0.15, 0.2) is 18.2 Å². The Morgan fingerprint density at radius 1 is 1.05 bits per heavy atom. The van der Waals surface area contributed by atoms with Gasteiger partial charge in [-0.3, -0.25) is 0 Å². The second-order valence-corrected chi connectivity index (χ2v) is 6.84. The highest BCUT2D eigenvalue weighted by Gasteiger charge is 2.30. The Kier molecular flexibility index (Phi) is 4.36. The van der Waals surface area contributed by atoms with Gasteiger partial charge in [-0.1, -0.05) is 36.0 Å². The molecule has 0 aromatic heterocycles. The lowest BCUT2D eigenvalue weighted by molar-refractivity contribution is 0.295. The van der Waals surface area contributed by atoms with Crippen LogP contribution in [0.4, 0.5) is 0 Å². The summed E-state index contributed by atoms with van der Waals surface area (Å²) in [6, 6.07) is 6.69. The van der Waals surface area contributed by atoms with E-state index in [1.807, 2.05) is 12.1 Å². The normalized spacial score (nSPS) is 27.5. The third-order valence-electron chi connectivity index (χ3n) is 4.51. The van der Waals surface area contributed by atoms with Crippen molar-refractivity contribution in [1.29, 1.82) is 0 Å². The molecule has 0 heterocycles. The van der Waals surface area contributed by atoms with Crippen LogP contribution < -0.4 is 5.32 Å². The van der Waals surface area contributed by atoms with Crippen LogP contribution in [0.1, 0.15) is 50.0 Å². The zero-order valence-electron chi connectivity index (χ0n) is 11.2. The molecule has 104 valence electrons. The SMILES string of the molecule is Clc1ccc(Cl)c(C2CCCCC2CNC2CC2)c1. The summed E-state index contributed by atoms with van der Waals surface area (Å²) in [7, 11) is 0. The predicted octanol–water partition coefficient (Wildman–Crippen LogP) is 5.02. The standard InChI is InChI=1S/C16H21Cl2N/c17-12-5-8-16(18)15(9-12)14-4-2-1-3-11(14)10-19-13-6-7-13/h5,8-9,11,13-14,19H,1-4,6-7,10H2. The Hall–Kier alpha value is -0.240. The Morgan fingerprint density at radius 3 is 2.63 bits per heavy atom. The molecular formula is C16H21Cl2N. The molecule has 2 unspecified atom stereocenters. The molecule has 0 spiro atoms. The first-order chi connectivity index (χ1) is 9.24. The van der Waals surface area contributed by atoms with Gasteiger partial charge in [0.1, 0.15) is 0 Å². The van der Waals surface area contributed by atoms with Gasteiger partial charge in [-0.05, 0) is 67.8 Å². The summed E-state index contributed by atoms with van der Waals surface area (Å²) >= 11 is 12.5. The van der Waals surface area contributed by atoms with Crippen molar-refractivity contribution < 1.29 is 0 Å². The Balaban J connectivity index is 1.75. The van der Waals surface area contributed by atoms with Gasteiger partial charge >= 0.3 is 0 Å². The molecule has 19 heavy (non-hydrogen) atoms. The first-order valence-corrected chi connectivity index (χ1v) is 8.18. The second kappa shape index (κ2) is 6.03. The van der Waals surface area contributed by atoms with E-state index in [4.69, 9.17) is 23.2 Å². The molecule has 2 fully saturated rings. The maximum atomic E-state index is 6.39. The molecule has 0 bridgehead atoms. The molecule has 3 heteroatoms. The van der Waals surface area contributed by atoms with Crippen molar-refractivity contribution in [3.05, 3.63) is 33.8 Å². The first-order valence-electron chi connectivity index (χ1n) is 7.42. The van der Waals surface area contributed by atoms with Gasteiger partial charge in [0.25, 0.3) is 0 Å². The Labute approximate surface area is 125 Å². The molecule has 1 nitrogen and oxygen atoms in total. The minimum absolute atomic E-state index is 0.575. The minimum Gasteiger partial charge on any atom is -0.314 e. The molecular weight excluding hydrogens is 277 g/mol. The molecule has 1 N–H and O–H groups in total. The van der Waals surface area contributed by atoms with E-state index in [1.54, 1.807) is 0 Å². The van der Waals surface area contributed by atoms with Crippen LogP contribution in [0.3, 0.4) is 0 Å². The second-order valence-electron chi connectivity index (χ2n) is 6.00. The van der Waals surface area contributed by atoms with Crippen molar-refractivity contribution in [2.24, 2.45) is 5.92 Å². The van der Waals surface area contributed by atoms with Crippen molar-refractivity contribution in [3.63, 3.8) is 0 Å². The van der Waals surface area contributed by atoms with E-state index in [0.29, 0.717) is 11.8 Å². The van der Waals surface area contributed by atoms with Gasteiger partial charge in [-0.2, -0.15) is 0 Å². The van der Waals surface area contributed by atoms with Gasteiger partial charge in [0.05, 0.1) is 0 Å². The van der Waals surface area contributed by atoms with Crippen LogP contribution in [0.2, 0.25) is 10.0 Å². The van der Waals surface area contributed by atoms with Gasteiger partial charge in [-0.15, -0.1) is 0 Å². The van der Waals surface area contributed by atoms with E-state index in [0.717, 1.165) is 22.6 Å². The molecule has 2 saturated carbocycles. The topological polar surface area (TPSA) is 12.0 Å². The van der Waals surface area contributed by atoms with Gasteiger partial charge in [0, 0.05) is 16.1 Å². The van der Waals surface area contributed by atoms with Gasteiger partial charge in [0.15, 0.2) is 0 Å². The summed E-state index contributed by atoms with van der Waals surface area (Å²) in [5.41, 5.74) is 1.26. The largest absolute Gasteiger partial charge is 0.314 e. The van der Waals surface area contributed by atoms with Crippen molar-refractivity contribution >= 4 is 23.2 Å². The lowest BCUT2D eigenvalue weighted by Crippen LogP contribution is -2.30. The quantitative estimate of drug-likeness (QED) is 0.823. The zero-order chi connectivity index (χ0) is 13.2. The third-order valence-corrected chi connectivity index (χ3v) is 5.09.